The zero-order valence-electron chi connectivity index (χ0n) is 9.40. The molecule has 88 valence electrons. The summed E-state index contributed by atoms with van der Waals surface area (Å²) in [6, 6.07) is 10.5. The normalized spacial score (nSPS) is 10.3. The molecule has 2 aromatic rings. The molecule has 1 aromatic heterocycles. The maximum Gasteiger partial charge on any atom is 0.142 e. The molecule has 0 aliphatic carbocycles. The summed E-state index contributed by atoms with van der Waals surface area (Å²) in [4.78, 5) is 6.17. The number of hydrogen-bond donors (Lipinski definition) is 0. The van der Waals surface area contributed by atoms with Crippen molar-refractivity contribution in [1.82, 2.24) is 4.98 Å². The first-order chi connectivity index (χ1) is 8.18. The van der Waals surface area contributed by atoms with Crippen LogP contribution in [0.1, 0.15) is 5.56 Å². The Labute approximate surface area is 108 Å². The predicted molar refractivity (Wildman–Crippen MR) is 70.4 cm³/mol. The van der Waals surface area contributed by atoms with E-state index >= 15 is 0 Å². The summed E-state index contributed by atoms with van der Waals surface area (Å²) >= 11 is 3.43. The summed E-state index contributed by atoms with van der Waals surface area (Å²) in [5.41, 5.74) is 0.660. The molecule has 0 fully saturated rings. The summed E-state index contributed by atoms with van der Waals surface area (Å²) in [5.74, 6) is 0.613. The molecule has 0 aliphatic rings. The number of aromatic nitrogens is 1. The van der Waals surface area contributed by atoms with Gasteiger partial charge in [-0.2, -0.15) is 0 Å². The summed E-state index contributed by atoms with van der Waals surface area (Å²) in [7, 11) is 1.89. The predicted octanol–water partition coefficient (Wildman–Crippen LogP) is 3.62. The molecule has 0 saturated heterocycles. The molecular formula is C13H12BrFN2. The van der Waals surface area contributed by atoms with Crippen LogP contribution in [0, 0.1) is 5.82 Å². The second-order valence-corrected chi connectivity index (χ2v) is 4.61. The molecule has 0 saturated carbocycles. The van der Waals surface area contributed by atoms with Crippen LogP contribution in [-0.4, -0.2) is 12.0 Å². The van der Waals surface area contributed by atoms with Gasteiger partial charge in [-0.25, -0.2) is 9.37 Å². The average Bonchev–Trinajstić information content (AvgIpc) is 2.32. The van der Waals surface area contributed by atoms with Crippen molar-refractivity contribution in [3.63, 3.8) is 0 Å². The van der Waals surface area contributed by atoms with Crippen LogP contribution in [0.25, 0.3) is 0 Å². The van der Waals surface area contributed by atoms with Crippen LogP contribution in [0.4, 0.5) is 10.2 Å². The van der Waals surface area contributed by atoms with Gasteiger partial charge in [-0.15, -0.1) is 0 Å². The van der Waals surface area contributed by atoms with Crippen molar-refractivity contribution in [3.8, 4) is 0 Å². The summed E-state index contributed by atoms with van der Waals surface area (Å²) in [6.45, 7) is 0.488. The molecule has 0 atom stereocenters. The van der Waals surface area contributed by atoms with Crippen LogP contribution < -0.4 is 4.90 Å². The SMILES string of the molecule is CN(Cc1ccccc1F)c1ncccc1Br. The van der Waals surface area contributed by atoms with Crippen molar-refractivity contribution in [3.05, 3.63) is 58.4 Å². The quantitative estimate of drug-likeness (QED) is 0.859. The number of nitrogens with zero attached hydrogens (tertiary/aromatic N) is 2. The molecule has 0 radical (unpaired) electrons. The van der Waals surface area contributed by atoms with E-state index in [2.05, 4.69) is 20.9 Å². The molecule has 4 heteroatoms. The van der Waals surface area contributed by atoms with Gasteiger partial charge in [0, 0.05) is 25.4 Å². The third kappa shape index (κ3) is 2.82. The third-order valence-electron chi connectivity index (χ3n) is 2.47. The highest BCUT2D eigenvalue weighted by Gasteiger charge is 2.09. The van der Waals surface area contributed by atoms with Gasteiger partial charge in [-0.3, -0.25) is 0 Å². The Morgan fingerprint density at radius 3 is 2.71 bits per heavy atom. The zero-order valence-corrected chi connectivity index (χ0v) is 11.0. The molecule has 1 aromatic carbocycles. The maximum absolute atomic E-state index is 13.5. The molecule has 0 unspecified atom stereocenters. The van der Waals surface area contributed by atoms with Gasteiger partial charge < -0.3 is 4.90 Å². The Hall–Kier alpha value is -1.42. The summed E-state index contributed by atoms with van der Waals surface area (Å²) in [5, 5.41) is 0. The van der Waals surface area contributed by atoms with Gasteiger partial charge in [0.05, 0.1) is 4.47 Å². The fourth-order valence-corrected chi connectivity index (χ4v) is 2.17. The van der Waals surface area contributed by atoms with Crippen LogP contribution in [0.5, 0.6) is 0 Å². The van der Waals surface area contributed by atoms with E-state index in [1.54, 1.807) is 18.3 Å². The smallest absolute Gasteiger partial charge is 0.142 e. The van der Waals surface area contributed by atoms with Crippen molar-refractivity contribution < 1.29 is 4.39 Å². The first-order valence-electron chi connectivity index (χ1n) is 5.23. The number of halogens is 2. The van der Waals surface area contributed by atoms with Crippen LogP contribution in [0.3, 0.4) is 0 Å². The number of pyridine rings is 1. The Morgan fingerprint density at radius 2 is 2.00 bits per heavy atom. The summed E-state index contributed by atoms with van der Waals surface area (Å²) in [6.07, 6.45) is 1.72. The lowest BCUT2D eigenvalue weighted by atomic mass is 10.2. The van der Waals surface area contributed by atoms with E-state index in [1.807, 2.05) is 30.1 Å². The first-order valence-corrected chi connectivity index (χ1v) is 6.03. The van der Waals surface area contributed by atoms with Gasteiger partial charge in [-0.05, 0) is 34.1 Å². The van der Waals surface area contributed by atoms with E-state index in [0.717, 1.165) is 10.3 Å². The van der Waals surface area contributed by atoms with E-state index in [0.29, 0.717) is 12.1 Å². The minimum absolute atomic E-state index is 0.189. The molecule has 2 rings (SSSR count). The standard InChI is InChI=1S/C13H12BrFN2/c1-17(13-11(14)6-4-8-16-13)9-10-5-2-3-7-12(10)15/h2-8H,9H2,1H3. The van der Waals surface area contributed by atoms with Crippen molar-refractivity contribution in [2.24, 2.45) is 0 Å². The van der Waals surface area contributed by atoms with Gasteiger partial charge in [0.1, 0.15) is 11.6 Å². The highest BCUT2D eigenvalue weighted by Crippen LogP contribution is 2.23. The van der Waals surface area contributed by atoms with Crippen LogP contribution in [0.15, 0.2) is 47.1 Å². The van der Waals surface area contributed by atoms with Gasteiger partial charge in [0.2, 0.25) is 0 Å². The molecular weight excluding hydrogens is 283 g/mol. The van der Waals surface area contributed by atoms with E-state index in [9.17, 15) is 4.39 Å². The fourth-order valence-electron chi connectivity index (χ4n) is 1.62. The molecule has 0 aliphatic heterocycles. The van der Waals surface area contributed by atoms with Crippen LogP contribution >= 0.6 is 15.9 Å². The molecule has 17 heavy (non-hydrogen) atoms. The topological polar surface area (TPSA) is 16.1 Å². The fraction of sp³-hybridized carbons (Fsp3) is 0.154. The minimum Gasteiger partial charge on any atom is -0.354 e. The maximum atomic E-state index is 13.5. The number of anilines is 1. The largest absolute Gasteiger partial charge is 0.354 e. The minimum atomic E-state index is -0.189. The highest BCUT2D eigenvalue weighted by atomic mass is 79.9. The summed E-state index contributed by atoms with van der Waals surface area (Å²) < 4.78 is 14.4. The van der Waals surface area contributed by atoms with Crippen molar-refractivity contribution >= 4 is 21.7 Å². The van der Waals surface area contributed by atoms with Gasteiger partial charge in [0.15, 0.2) is 0 Å². The first kappa shape index (κ1) is 12.0. The molecule has 2 nitrogen and oxygen atoms in total. The Morgan fingerprint density at radius 1 is 1.24 bits per heavy atom. The average molecular weight is 295 g/mol. The Kier molecular flexibility index (Phi) is 3.74. The molecule has 0 bridgehead atoms. The number of benzene rings is 1. The Bertz CT molecular complexity index is 516. The van der Waals surface area contributed by atoms with E-state index in [4.69, 9.17) is 0 Å². The van der Waals surface area contributed by atoms with E-state index in [-0.39, 0.29) is 5.82 Å². The lowest BCUT2D eigenvalue weighted by Gasteiger charge is -2.19. The Balaban J connectivity index is 2.20. The van der Waals surface area contributed by atoms with Gasteiger partial charge in [0.25, 0.3) is 0 Å². The van der Waals surface area contributed by atoms with Crippen molar-refractivity contribution in [2.45, 2.75) is 6.54 Å². The highest BCUT2D eigenvalue weighted by molar-refractivity contribution is 9.10. The number of hydrogen-bond acceptors (Lipinski definition) is 2. The molecule has 1 heterocycles. The molecule has 0 spiro atoms. The van der Waals surface area contributed by atoms with E-state index < -0.39 is 0 Å². The molecule has 0 amide bonds. The monoisotopic (exact) mass is 294 g/mol. The van der Waals surface area contributed by atoms with Gasteiger partial charge >= 0.3 is 0 Å². The molecule has 0 N–H and O–H groups in total. The van der Waals surface area contributed by atoms with Crippen LogP contribution in [-0.2, 0) is 6.54 Å². The zero-order chi connectivity index (χ0) is 12.3. The van der Waals surface area contributed by atoms with E-state index in [1.165, 1.54) is 6.07 Å². The van der Waals surface area contributed by atoms with Crippen molar-refractivity contribution in [2.75, 3.05) is 11.9 Å². The lowest BCUT2D eigenvalue weighted by molar-refractivity contribution is 0.607. The third-order valence-corrected chi connectivity index (χ3v) is 3.08. The van der Waals surface area contributed by atoms with Gasteiger partial charge in [-0.1, -0.05) is 18.2 Å². The second-order valence-electron chi connectivity index (χ2n) is 3.76. The lowest BCUT2D eigenvalue weighted by Crippen LogP contribution is -2.18. The number of rotatable bonds is 3. The van der Waals surface area contributed by atoms with Crippen LogP contribution in [0.2, 0.25) is 0 Å². The second kappa shape index (κ2) is 5.27. The van der Waals surface area contributed by atoms with Crippen molar-refractivity contribution in [1.29, 1.82) is 0 Å².